The van der Waals surface area contributed by atoms with E-state index in [1.165, 1.54) is 0 Å². The molecule has 2 aromatic carbocycles. The smallest absolute Gasteiger partial charge is 0.328 e. The number of hydrogen-bond donors (Lipinski definition) is 1. The highest BCUT2D eigenvalue weighted by Gasteiger charge is 2.04. The van der Waals surface area contributed by atoms with Crippen LogP contribution in [0.1, 0.15) is 10.4 Å². The third-order valence-electron chi connectivity index (χ3n) is 2.63. The average Bonchev–Trinajstić information content (AvgIpc) is 2.46. The highest BCUT2D eigenvalue weighted by molar-refractivity contribution is 6.07. The molecule has 0 unspecified atom stereocenters. The van der Waals surface area contributed by atoms with Crippen molar-refractivity contribution in [3.8, 4) is 11.1 Å². The van der Waals surface area contributed by atoms with Crippen LogP contribution in [-0.2, 0) is 4.79 Å². The number of ketones is 1. The Morgan fingerprint density at radius 3 is 2.21 bits per heavy atom. The second kappa shape index (κ2) is 5.78. The summed E-state index contributed by atoms with van der Waals surface area (Å²) in [5, 5.41) is 8.50. The van der Waals surface area contributed by atoms with Gasteiger partial charge in [-0.05, 0) is 23.3 Å². The van der Waals surface area contributed by atoms with Crippen molar-refractivity contribution in [1.29, 1.82) is 0 Å². The Bertz CT molecular complexity index is 627. The van der Waals surface area contributed by atoms with Crippen molar-refractivity contribution in [2.45, 2.75) is 0 Å². The minimum Gasteiger partial charge on any atom is -0.478 e. The van der Waals surface area contributed by atoms with E-state index in [0.29, 0.717) is 5.56 Å². The summed E-state index contributed by atoms with van der Waals surface area (Å²) in [5.74, 6) is -1.45. The number of carboxylic acids is 1. The van der Waals surface area contributed by atoms with Gasteiger partial charge in [-0.15, -0.1) is 0 Å². The fourth-order valence-corrected chi connectivity index (χ4v) is 1.73. The second-order valence-electron chi connectivity index (χ2n) is 3.98. The zero-order valence-corrected chi connectivity index (χ0v) is 10.1. The minimum atomic E-state index is -1.13. The zero-order valence-electron chi connectivity index (χ0n) is 10.1. The van der Waals surface area contributed by atoms with Crippen molar-refractivity contribution < 1.29 is 14.7 Å². The number of carboxylic acid groups (broad SMARTS) is 1. The first-order valence-corrected chi connectivity index (χ1v) is 5.77. The zero-order chi connectivity index (χ0) is 13.7. The number of carbonyl (C=O) groups excluding carboxylic acids is 1. The van der Waals surface area contributed by atoms with Crippen molar-refractivity contribution in [1.82, 2.24) is 0 Å². The van der Waals surface area contributed by atoms with E-state index in [1.807, 2.05) is 36.4 Å². The largest absolute Gasteiger partial charge is 0.478 e. The normalized spacial score (nSPS) is 10.5. The molecule has 0 radical (unpaired) electrons. The number of aliphatic carboxylic acids is 1. The van der Waals surface area contributed by atoms with Crippen molar-refractivity contribution in [2.75, 3.05) is 0 Å². The summed E-state index contributed by atoms with van der Waals surface area (Å²) in [7, 11) is 0. The first-order valence-electron chi connectivity index (χ1n) is 5.77. The van der Waals surface area contributed by atoms with Crippen LogP contribution in [0.5, 0.6) is 0 Å². The Balaban J connectivity index is 2.30. The molecule has 2 aromatic rings. The Morgan fingerprint density at radius 1 is 0.842 bits per heavy atom. The van der Waals surface area contributed by atoms with Crippen LogP contribution in [0.25, 0.3) is 11.1 Å². The molecule has 0 fully saturated rings. The summed E-state index contributed by atoms with van der Waals surface area (Å²) in [6, 6.07) is 16.8. The molecule has 0 amide bonds. The molecule has 0 aliphatic carbocycles. The molecule has 0 bridgehead atoms. The predicted octanol–water partition coefficient (Wildman–Crippen LogP) is 3.18. The van der Waals surface area contributed by atoms with Crippen LogP contribution in [0.15, 0.2) is 66.7 Å². The van der Waals surface area contributed by atoms with E-state index in [-0.39, 0.29) is 5.78 Å². The number of benzene rings is 2. The SMILES string of the molecule is O=C(O)/C=C/C(=O)c1cccc(-c2ccccc2)c1. The standard InChI is InChI=1S/C16H12O3/c17-15(9-10-16(18)19)14-8-4-7-13(11-14)12-5-2-1-3-6-12/h1-11H,(H,18,19)/b10-9+. The summed E-state index contributed by atoms with van der Waals surface area (Å²) in [6.07, 6.45) is 1.91. The lowest BCUT2D eigenvalue weighted by molar-refractivity contribution is -0.131. The fraction of sp³-hybridized carbons (Fsp3) is 0. The van der Waals surface area contributed by atoms with Crippen LogP contribution < -0.4 is 0 Å². The molecule has 0 atom stereocenters. The molecule has 0 saturated carbocycles. The summed E-state index contributed by atoms with van der Waals surface area (Å²) < 4.78 is 0. The molecule has 2 rings (SSSR count). The number of carbonyl (C=O) groups is 2. The van der Waals surface area contributed by atoms with Gasteiger partial charge in [-0.1, -0.05) is 48.5 Å². The van der Waals surface area contributed by atoms with Gasteiger partial charge < -0.3 is 5.11 Å². The van der Waals surface area contributed by atoms with Gasteiger partial charge in [0, 0.05) is 11.6 Å². The molecule has 0 aliphatic rings. The van der Waals surface area contributed by atoms with E-state index in [4.69, 9.17) is 5.11 Å². The van der Waals surface area contributed by atoms with Gasteiger partial charge in [-0.2, -0.15) is 0 Å². The molecule has 94 valence electrons. The van der Waals surface area contributed by atoms with Crippen LogP contribution in [0.4, 0.5) is 0 Å². The lowest BCUT2D eigenvalue weighted by Crippen LogP contribution is -1.96. The van der Waals surface area contributed by atoms with Crippen LogP contribution in [-0.4, -0.2) is 16.9 Å². The molecule has 0 aliphatic heterocycles. The van der Waals surface area contributed by atoms with E-state index < -0.39 is 5.97 Å². The van der Waals surface area contributed by atoms with Crippen molar-refractivity contribution in [3.05, 3.63) is 72.3 Å². The van der Waals surface area contributed by atoms with E-state index in [0.717, 1.165) is 23.3 Å². The van der Waals surface area contributed by atoms with Gasteiger partial charge in [0.15, 0.2) is 5.78 Å². The van der Waals surface area contributed by atoms with Gasteiger partial charge in [0.1, 0.15) is 0 Å². The molecule has 19 heavy (non-hydrogen) atoms. The maximum absolute atomic E-state index is 11.8. The highest BCUT2D eigenvalue weighted by atomic mass is 16.4. The minimum absolute atomic E-state index is 0.319. The molecule has 0 aromatic heterocycles. The number of allylic oxidation sites excluding steroid dienone is 1. The van der Waals surface area contributed by atoms with Crippen LogP contribution in [0.2, 0.25) is 0 Å². The second-order valence-corrected chi connectivity index (χ2v) is 3.98. The van der Waals surface area contributed by atoms with Gasteiger partial charge in [0.25, 0.3) is 0 Å². The molecular weight excluding hydrogens is 240 g/mol. The lowest BCUT2D eigenvalue weighted by atomic mass is 10.0. The summed E-state index contributed by atoms with van der Waals surface area (Å²) in [5.41, 5.74) is 2.41. The van der Waals surface area contributed by atoms with E-state index in [2.05, 4.69) is 0 Å². The monoisotopic (exact) mass is 252 g/mol. The van der Waals surface area contributed by atoms with Crippen LogP contribution >= 0.6 is 0 Å². The summed E-state index contributed by atoms with van der Waals surface area (Å²) >= 11 is 0. The Kier molecular flexibility index (Phi) is 3.88. The Morgan fingerprint density at radius 2 is 1.53 bits per heavy atom. The average molecular weight is 252 g/mol. The Labute approximate surface area is 110 Å². The van der Waals surface area contributed by atoms with Gasteiger partial charge in [-0.3, -0.25) is 4.79 Å². The van der Waals surface area contributed by atoms with E-state index >= 15 is 0 Å². The predicted molar refractivity (Wildman–Crippen MR) is 73.0 cm³/mol. The first-order chi connectivity index (χ1) is 9.16. The highest BCUT2D eigenvalue weighted by Crippen LogP contribution is 2.20. The molecule has 0 heterocycles. The van der Waals surface area contributed by atoms with Crippen LogP contribution in [0.3, 0.4) is 0 Å². The number of hydrogen-bond acceptors (Lipinski definition) is 2. The maximum atomic E-state index is 11.8. The van der Waals surface area contributed by atoms with Gasteiger partial charge in [-0.25, -0.2) is 4.79 Å². The van der Waals surface area contributed by atoms with Crippen LogP contribution in [0, 0.1) is 0 Å². The summed E-state index contributed by atoms with van der Waals surface area (Å²) in [4.78, 5) is 22.2. The lowest BCUT2D eigenvalue weighted by Gasteiger charge is -2.03. The van der Waals surface area contributed by atoms with Crippen molar-refractivity contribution in [3.63, 3.8) is 0 Å². The third kappa shape index (κ3) is 3.39. The maximum Gasteiger partial charge on any atom is 0.328 e. The fourth-order valence-electron chi connectivity index (χ4n) is 1.73. The van der Waals surface area contributed by atoms with Gasteiger partial charge >= 0.3 is 5.97 Å². The van der Waals surface area contributed by atoms with E-state index in [1.54, 1.807) is 18.2 Å². The summed E-state index contributed by atoms with van der Waals surface area (Å²) in [6.45, 7) is 0. The molecular formula is C16H12O3. The van der Waals surface area contributed by atoms with Gasteiger partial charge in [0.05, 0.1) is 0 Å². The quantitative estimate of drug-likeness (QED) is 0.671. The third-order valence-corrected chi connectivity index (χ3v) is 2.63. The van der Waals surface area contributed by atoms with Crippen molar-refractivity contribution >= 4 is 11.8 Å². The number of rotatable bonds is 4. The van der Waals surface area contributed by atoms with Gasteiger partial charge in [0.2, 0.25) is 0 Å². The topological polar surface area (TPSA) is 54.4 Å². The molecule has 0 saturated heterocycles. The van der Waals surface area contributed by atoms with E-state index in [9.17, 15) is 9.59 Å². The van der Waals surface area contributed by atoms with Crippen molar-refractivity contribution in [2.24, 2.45) is 0 Å². The Hall–Kier alpha value is -2.68. The molecule has 0 spiro atoms. The molecule has 3 heteroatoms. The first kappa shape index (κ1) is 12.8. The molecule has 1 N–H and O–H groups in total. The molecule has 3 nitrogen and oxygen atoms in total.